The van der Waals surface area contributed by atoms with Crippen LogP contribution in [0.25, 0.3) is 44.5 Å². The van der Waals surface area contributed by atoms with Crippen LogP contribution in [0.3, 0.4) is 0 Å². The molecule has 6 rings (SSSR count). The Kier molecular flexibility index (Phi) is 6.32. The lowest BCUT2D eigenvalue weighted by atomic mass is 9.86. The van der Waals surface area contributed by atoms with Crippen molar-refractivity contribution in [2.45, 2.75) is 31.7 Å². The van der Waals surface area contributed by atoms with Crippen molar-refractivity contribution < 1.29 is 14.3 Å². The number of carbonyl (C=O) groups excluding carboxylic acids is 2. The van der Waals surface area contributed by atoms with E-state index >= 15 is 0 Å². The fourth-order valence-electron chi connectivity index (χ4n) is 5.27. The van der Waals surface area contributed by atoms with E-state index in [2.05, 4.69) is 14.7 Å². The van der Waals surface area contributed by atoms with E-state index in [1.165, 1.54) is 6.33 Å². The average molecular weight is 542 g/mol. The number of rotatable bonds is 4. The molecular formula is C28H24ClN7O3. The van der Waals surface area contributed by atoms with Crippen LogP contribution in [0, 0.1) is 5.92 Å². The van der Waals surface area contributed by atoms with E-state index in [1.54, 1.807) is 0 Å². The highest BCUT2D eigenvalue weighted by Crippen LogP contribution is 2.40. The highest BCUT2D eigenvalue weighted by atomic mass is 35.5. The van der Waals surface area contributed by atoms with Gasteiger partial charge in [-0.15, -0.1) is 0 Å². The lowest BCUT2D eigenvalue weighted by molar-refractivity contribution is -0.143. The summed E-state index contributed by atoms with van der Waals surface area (Å²) in [5.74, 6) is -0.694. The number of amides is 1. The summed E-state index contributed by atoms with van der Waals surface area (Å²) >= 11 is 6.79. The number of fused-ring (bicyclic) bond motifs is 2. The molecule has 3 heterocycles. The first-order valence-corrected chi connectivity index (χ1v) is 12.9. The highest BCUT2D eigenvalue weighted by molar-refractivity contribution is 6.34. The molecule has 1 saturated carbocycles. The Hall–Kier alpha value is -4.57. The molecule has 11 heteroatoms. The number of aromatic nitrogens is 5. The number of hydrogen-bond donors (Lipinski definition) is 2. The van der Waals surface area contributed by atoms with E-state index in [0.29, 0.717) is 58.8 Å². The second kappa shape index (κ2) is 9.95. The lowest BCUT2D eigenvalue weighted by Gasteiger charge is -2.27. The van der Waals surface area contributed by atoms with Crippen molar-refractivity contribution in [2.24, 2.45) is 11.7 Å². The monoisotopic (exact) mass is 541 g/mol. The van der Waals surface area contributed by atoms with Crippen molar-refractivity contribution in [3.8, 4) is 22.5 Å². The summed E-state index contributed by atoms with van der Waals surface area (Å²) in [6.45, 7) is 0. The zero-order chi connectivity index (χ0) is 27.1. The van der Waals surface area contributed by atoms with E-state index in [1.807, 2.05) is 59.3 Å². The highest BCUT2D eigenvalue weighted by Gasteiger charge is 2.31. The lowest BCUT2D eigenvalue weighted by Crippen LogP contribution is -2.29. The maximum Gasteiger partial charge on any atom is 0.412 e. The Morgan fingerprint density at radius 1 is 1.00 bits per heavy atom. The summed E-state index contributed by atoms with van der Waals surface area (Å²) in [6, 6.07) is 17.7. The second-order valence-corrected chi connectivity index (χ2v) is 9.99. The minimum absolute atomic E-state index is 0.0461. The van der Waals surface area contributed by atoms with E-state index in [0.717, 1.165) is 22.2 Å². The molecular weight excluding hydrogens is 518 g/mol. The van der Waals surface area contributed by atoms with Crippen LogP contribution in [-0.4, -0.2) is 36.8 Å². The number of nitrogens with two attached hydrogens (primary N) is 2. The number of primary amides is 1. The van der Waals surface area contributed by atoms with E-state index in [9.17, 15) is 9.59 Å². The molecule has 0 aliphatic heterocycles. The summed E-state index contributed by atoms with van der Waals surface area (Å²) < 4.78 is 6.42. The van der Waals surface area contributed by atoms with Gasteiger partial charge in [0, 0.05) is 16.5 Å². The van der Waals surface area contributed by atoms with Gasteiger partial charge in [0.05, 0.1) is 33.6 Å². The molecule has 0 spiro atoms. The van der Waals surface area contributed by atoms with Gasteiger partial charge in [-0.05, 0) is 43.9 Å². The average Bonchev–Trinajstić information content (AvgIpc) is 3.33. The molecule has 1 aliphatic carbocycles. The Morgan fingerprint density at radius 2 is 1.77 bits per heavy atom. The van der Waals surface area contributed by atoms with Gasteiger partial charge in [-0.25, -0.2) is 24.4 Å². The molecule has 0 unspecified atom stereocenters. The number of pyridine rings is 1. The first-order chi connectivity index (χ1) is 18.9. The van der Waals surface area contributed by atoms with Gasteiger partial charge in [0.15, 0.2) is 5.65 Å². The first-order valence-electron chi connectivity index (χ1n) is 12.5. The SMILES string of the molecule is NC(=O)OC(=O)C1CCC(n2nc(-c3cc4nc(-c5ccccc5)ccc4cc3Cl)c3c(N)ncnc32)CC1. The van der Waals surface area contributed by atoms with Crippen LogP contribution in [0.1, 0.15) is 31.7 Å². The van der Waals surface area contributed by atoms with Crippen molar-refractivity contribution in [3.05, 3.63) is 65.9 Å². The largest absolute Gasteiger partial charge is 0.412 e. The fourth-order valence-corrected chi connectivity index (χ4v) is 5.53. The number of benzene rings is 2. The van der Waals surface area contributed by atoms with Gasteiger partial charge in [0.1, 0.15) is 17.8 Å². The first kappa shape index (κ1) is 24.7. The van der Waals surface area contributed by atoms with Crippen LogP contribution >= 0.6 is 11.6 Å². The van der Waals surface area contributed by atoms with Gasteiger partial charge >= 0.3 is 12.1 Å². The molecule has 5 aromatic rings. The van der Waals surface area contributed by atoms with Crippen molar-refractivity contribution in [2.75, 3.05) is 5.73 Å². The summed E-state index contributed by atoms with van der Waals surface area (Å²) in [7, 11) is 0. The van der Waals surface area contributed by atoms with E-state index < -0.39 is 18.0 Å². The summed E-state index contributed by atoms with van der Waals surface area (Å²) in [5.41, 5.74) is 15.8. The molecule has 10 nitrogen and oxygen atoms in total. The van der Waals surface area contributed by atoms with Crippen LogP contribution in [0.5, 0.6) is 0 Å². The Morgan fingerprint density at radius 3 is 2.51 bits per heavy atom. The van der Waals surface area contributed by atoms with Crippen LogP contribution < -0.4 is 11.5 Å². The van der Waals surface area contributed by atoms with Crippen LogP contribution in [0.4, 0.5) is 10.6 Å². The topological polar surface area (TPSA) is 152 Å². The third-order valence-electron chi connectivity index (χ3n) is 7.20. The smallest absolute Gasteiger partial charge is 0.383 e. The van der Waals surface area contributed by atoms with Gasteiger partial charge in [-0.1, -0.05) is 48.0 Å². The maximum absolute atomic E-state index is 12.2. The van der Waals surface area contributed by atoms with Gasteiger partial charge in [-0.2, -0.15) is 5.10 Å². The van der Waals surface area contributed by atoms with Crippen molar-refractivity contribution in [1.29, 1.82) is 0 Å². The molecule has 39 heavy (non-hydrogen) atoms. The molecule has 196 valence electrons. The van der Waals surface area contributed by atoms with Crippen LogP contribution in [-0.2, 0) is 9.53 Å². The van der Waals surface area contributed by atoms with E-state index in [-0.39, 0.29) is 6.04 Å². The minimum Gasteiger partial charge on any atom is -0.383 e. The molecule has 1 aliphatic rings. The summed E-state index contributed by atoms with van der Waals surface area (Å²) in [6.07, 6.45) is 2.63. The Labute approximate surface area is 228 Å². The zero-order valence-electron chi connectivity index (χ0n) is 20.8. The molecule has 0 bridgehead atoms. The van der Waals surface area contributed by atoms with Gasteiger partial charge in [0.25, 0.3) is 0 Å². The number of hydrogen-bond acceptors (Lipinski definition) is 8. The number of carbonyl (C=O) groups is 2. The standard InChI is InChI=1S/C28H24ClN7O3/c29-20-12-17-8-11-21(15-4-2-1-3-5-15)34-22(17)13-19(20)24-23-25(30)32-14-33-26(23)36(35-24)18-9-6-16(7-10-18)27(37)39-28(31)38/h1-5,8,11-14,16,18H,6-7,9-10H2,(H2,31,38)(H2,30,32,33). The third kappa shape index (κ3) is 4.63. The second-order valence-electron chi connectivity index (χ2n) is 9.58. The molecule has 1 amide bonds. The van der Waals surface area contributed by atoms with Crippen LogP contribution in [0.15, 0.2) is 60.9 Å². The zero-order valence-corrected chi connectivity index (χ0v) is 21.5. The van der Waals surface area contributed by atoms with Crippen LogP contribution in [0.2, 0.25) is 5.02 Å². The minimum atomic E-state index is -1.09. The molecule has 3 aromatic heterocycles. The predicted molar refractivity (Wildman–Crippen MR) is 148 cm³/mol. The number of ether oxygens (including phenoxy) is 1. The van der Waals surface area contributed by atoms with Gasteiger partial charge in [-0.3, -0.25) is 4.79 Å². The molecule has 2 aromatic carbocycles. The number of esters is 1. The van der Waals surface area contributed by atoms with E-state index in [4.69, 9.17) is 33.2 Å². The summed E-state index contributed by atoms with van der Waals surface area (Å²) in [4.78, 5) is 36.7. The molecule has 4 N–H and O–H groups in total. The number of halogens is 1. The number of nitrogen functional groups attached to an aromatic ring is 1. The van der Waals surface area contributed by atoms with Crippen molar-refractivity contribution in [1.82, 2.24) is 24.7 Å². The number of anilines is 1. The molecule has 0 saturated heterocycles. The maximum atomic E-state index is 12.2. The van der Waals surface area contributed by atoms with Gasteiger partial charge in [0.2, 0.25) is 0 Å². The molecule has 1 fully saturated rings. The van der Waals surface area contributed by atoms with Crippen molar-refractivity contribution in [3.63, 3.8) is 0 Å². The summed E-state index contributed by atoms with van der Waals surface area (Å²) in [5, 5.41) is 6.95. The Bertz CT molecular complexity index is 1730. The molecule has 0 radical (unpaired) electrons. The normalized spacial score (nSPS) is 17.4. The van der Waals surface area contributed by atoms with Gasteiger partial charge < -0.3 is 16.2 Å². The quantitative estimate of drug-likeness (QED) is 0.230. The Balaban J connectivity index is 1.40. The fraction of sp³-hybridized carbons (Fsp3) is 0.214. The van der Waals surface area contributed by atoms with Crippen molar-refractivity contribution >= 4 is 51.4 Å². The molecule has 0 atom stereocenters. The third-order valence-corrected chi connectivity index (χ3v) is 7.51. The number of nitrogens with zero attached hydrogens (tertiary/aromatic N) is 5. The predicted octanol–water partition coefficient (Wildman–Crippen LogP) is 5.30.